The molecule has 7 heteroatoms. The second-order valence-corrected chi connectivity index (χ2v) is 8.11. The van der Waals surface area contributed by atoms with Gasteiger partial charge >= 0.3 is 0 Å². The molecule has 2 heterocycles. The number of piperazine rings is 2. The van der Waals surface area contributed by atoms with Crippen LogP contribution in [0.4, 0.5) is 5.69 Å². The van der Waals surface area contributed by atoms with Crippen LogP contribution >= 0.6 is 11.6 Å². The number of aliphatic imine (C=N–C) groups is 1. The fourth-order valence-electron chi connectivity index (χ4n) is 3.92. The third kappa shape index (κ3) is 6.26. The first-order chi connectivity index (χ1) is 13.7. The van der Waals surface area contributed by atoms with Gasteiger partial charge in [0.2, 0.25) is 0 Å². The first-order valence-corrected chi connectivity index (χ1v) is 11.0. The zero-order chi connectivity index (χ0) is 19.8. The van der Waals surface area contributed by atoms with Gasteiger partial charge in [0.1, 0.15) is 0 Å². The van der Waals surface area contributed by atoms with Gasteiger partial charge in [-0.05, 0) is 50.2 Å². The molecule has 0 aliphatic carbocycles. The van der Waals surface area contributed by atoms with Crippen molar-refractivity contribution in [1.82, 2.24) is 14.7 Å². The van der Waals surface area contributed by atoms with E-state index in [1.165, 1.54) is 51.4 Å². The van der Waals surface area contributed by atoms with E-state index in [1.54, 1.807) is 0 Å². The third-order valence-corrected chi connectivity index (χ3v) is 6.12. The Morgan fingerprint density at radius 2 is 1.57 bits per heavy atom. The lowest BCUT2D eigenvalue weighted by Crippen LogP contribution is -2.51. The average molecular weight is 407 g/mol. The number of unbranched alkanes of at least 4 members (excludes halogenated alkanes) is 1. The summed E-state index contributed by atoms with van der Waals surface area (Å²) in [5, 5.41) is 0.780. The largest absolute Gasteiger partial charge is 0.370 e. The minimum Gasteiger partial charge on any atom is -0.370 e. The molecule has 1 aromatic rings. The van der Waals surface area contributed by atoms with Crippen molar-refractivity contribution in [1.29, 1.82) is 0 Å². The van der Waals surface area contributed by atoms with E-state index in [4.69, 9.17) is 17.3 Å². The van der Waals surface area contributed by atoms with Crippen molar-refractivity contribution in [2.45, 2.75) is 19.8 Å². The van der Waals surface area contributed by atoms with Gasteiger partial charge in [-0.2, -0.15) is 0 Å². The molecular formula is C21H35ClN6. The summed E-state index contributed by atoms with van der Waals surface area (Å²) in [4.78, 5) is 14.3. The Hall–Kier alpha value is -1.50. The summed E-state index contributed by atoms with van der Waals surface area (Å²) in [6.45, 7) is 14.0. The Bertz CT molecular complexity index is 604. The summed E-state index contributed by atoms with van der Waals surface area (Å²) in [5.74, 6) is 0.701. The van der Waals surface area contributed by atoms with Crippen LogP contribution in [0, 0.1) is 0 Å². The lowest BCUT2D eigenvalue weighted by Gasteiger charge is -2.36. The third-order valence-electron chi connectivity index (χ3n) is 5.86. The second kappa shape index (κ2) is 10.9. The Kier molecular flexibility index (Phi) is 8.25. The zero-order valence-corrected chi connectivity index (χ0v) is 17.9. The highest BCUT2D eigenvalue weighted by molar-refractivity contribution is 6.30. The molecular weight excluding hydrogens is 372 g/mol. The van der Waals surface area contributed by atoms with Crippen molar-refractivity contribution in [3.8, 4) is 0 Å². The van der Waals surface area contributed by atoms with Gasteiger partial charge in [-0.1, -0.05) is 18.5 Å². The molecule has 156 valence electrons. The van der Waals surface area contributed by atoms with Crippen LogP contribution in [-0.2, 0) is 0 Å². The highest BCUT2D eigenvalue weighted by Crippen LogP contribution is 2.19. The molecule has 0 bridgehead atoms. The number of hydrogen-bond acceptors (Lipinski definition) is 4. The average Bonchev–Trinajstić information content (AvgIpc) is 2.74. The zero-order valence-electron chi connectivity index (χ0n) is 17.2. The minimum absolute atomic E-state index is 0.701. The smallest absolute Gasteiger partial charge is 0.191 e. The first kappa shape index (κ1) is 21.2. The number of nitrogens with two attached hydrogens (primary N) is 1. The normalized spacial score (nSPS) is 20.0. The predicted octanol–water partition coefficient (Wildman–Crippen LogP) is 2.19. The van der Waals surface area contributed by atoms with E-state index in [-0.39, 0.29) is 0 Å². The molecule has 0 spiro atoms. The van der Waals surface area contributed by atoms with Crippen LogP contribution < -0.4 is 10.6 Å². The first-order valence-electron chi connectivity index (χ1n) is 10.7. The fourth-order valence-corrected chi connectivity index (χ4v) is 4.04. The summed E-state index contributed by atoms with van der Waals surface area (Å²) >= 11 is 5.98. The molecule has 6 nitrogen and oxygen atoms in total. The number of rotatable bonds is 7. The van der Waals surface area contributed by atoms with Crippen molar-refractivity contribution in [3.05, 3.63) is 29.3 Å². The standard InChI is InChI=1S/C21H35ClN6/c1-2-25-11-13-26(14-12-25)10-4-3-9-24-21(23)28-17-15-27(16-18-28)20-7-5-19(22)6-8-20/h5-8H,2-4,9-18H2,1H3,(H2,23,24). The van der Waals surface area contributed by atoms with E-state index < -0.39 is 0 Å². The van der Waals surface area contributed by atoms with E-state index in [0.717, 1.165) is 44.2 Å². The summed E-state index contributed by atoms with van der Waals surface area (Å²) in [6.07, 6.45) is 2.31. The summed E-state index contributed by atoms with van der Waals surface area (Å²) in [6, 6.07) is 8.06. The summed E-state index contributed by atoms with van der Waals surface area (Å²) in [5.41, 5.74) is 7.45. The van der Waals surface area contributed by atoms with Gasteiger partial charge in [-0.15, -0.1) is 0 Å². The SMILES string of the molecule is CCN1CCN(CCCCN=C(N)N2CCN(c3ccc(Cl)cc3)CC2)CC1. The van der Waals surface area contributed by atoms with E-state index in [1.807, 2.05) is 12.1 Å². The van der Waals surface area contributed by atoms with Gasteiger partial charge in [0.15, 0.2) is 5.96 Å². The number of benzene rings is 1. The molecule has 2 fully saturated rings. The molecule has 2 aliphatic heterocycles. The van der Waals surface area contributed by atoms with Gasteiger partial charge in [-0.25, -0.2) is 0 Å². The van der Waals surface area contributed by atoms with Gasteiger partial charge < -0.3 is 25.3 Å². The molecule has 0 atom stereocenters. The molecule has 3 rings (SSSR count). The molecule has 0 amide bonds. The Morgan fingerprint density at radius 1 is 0.929 bits per heavy atom. The van der Waals surface area contributed by atoms with E-state index >= 15 is 0 Å². The van der Waals surface area contributed by atoms with E-state index in [2.05, 4.69) is 43.6 Å². The number of nitrogens with zero attached hydrogens (tertiary/aromatic N) is 5. The van der Waals surface area contributed by atoms with Crippen LogP contribution in [-0.4, -0.2) is 92.7 Å². The maximum Gasteiger partial charge on any atom is 0.191 e. The van der Waals surface area contributed by atoms with Crippen LogP contribution in [0.1, 0.15) is 19.8 Å². The molecule has 0 unspecified atom stereocenters. The molecule has 0 radical (unpaired) electrons. The molecule has 2 saturated heterocycles. The molecule has 2 aliphatic rings. The maximum atomic E-state index is 6.23. The van der Waals surface area contributed by atoms with Crippen molar-refractivity contribution >= 4 is 23.2 Å². The van der Waals surface area contributed by atoms with Crippen molar-refractivity contribution < 1.29 is 0 Å². The second-order valence-electron chi connectivity index (χ2n) is 7.67. The molecule has 2 N–H and O–H groups in total. The van der Waals surface area contributed by atoms with Gasteiger partial charge in [-0.3, -0.25) is 4.99 Å². The van der Waals surface area contributed by atoms with Crippen LogP contribution in [0.2, 0.25) is 5.02 Å². The predicted molar refractivity (Wildman–Crippen MR) is 120 cm³/mol. The monoisotopic (exact) mass is 406 g/mol. The lowest BCUT2D eigenvalue weighted by molar-refractivity contribution is 0.136. The van der Waals surface area contributed by atoms with E-state index in [9.17, 15) is 0 Å². The van der Waals surface area contributed by atoms with Crippen LogP contribution in [0.3, 0.4) is 0 Å². The summed E-state index contributed by atoms with van der Waals surface area (Å²) in [7, 11) is 0. The number of guanidine groups is 1. The number of anilines is 1. The van der Waals surface area contributed by atoms with Gasteiger partial charge in [0.05, 0.1) is 0 Å². The molecule has 0 saturated carbocycles. The van der Waals surface area contributed by atoms with Crippen LogP contribution in [0.15, 0.2) is 29.3 Å². The topological polar surface area (TPSA) is 51.3 Å². The number of hydrogen-bond donors (Lipinski definition) is 1. The highest BCUT2D eigenvalue weighted by atomic mass is 35.5. The van der Waals surface area contributed by atoms with Crippen molar-refractivity contribution in [2.75, 3.05) is 76.9 Å². The van der Waals surface area contributed by atoms with Crippen LogP contribution in [0.25, 0.3) is 0 Å². The molecule has 28 heavy (non-hydrogen) atoms. The van der Waals surface area contributed by atoms with Crippen molar-refractivity contribution in [2.24, 2.45) is 10.7 Å². The quantitative estimate of drug-likeness (QED) is 0.427. The maximum absolute atomic E-state index is 6.23. The molecule has 0 aromatic heterocycles. The van der Waals surface area contributed by atoms with Gasteiger partial charge in [0, 0.05) is 69.6 Å². The number of halogens is 1. The van der Waals surface area contributed by atoms with Crippen LogP contribution in [0.5, 0.6) is 0 Å². The Morgan fingerprint density at radius 3 is 2.21 bits per heavy atom. The fraction of sp³-hybridized carbons (Fsp3) is 0.667. The minimum atomic E-state index is 0.701. The number of likely N-dealkylation sites (N-methyl/N-ethyl adjacent to an activating group) is 1. The highest BCUT2D eigenvalue weighted by Gasteiger charge is 2.18. The molecule has 1 aromatic carbocycles. The lowest BCUT2D eigenvalue weighted by atomic mass is 10.2. The van der Waals surface area contributed by atoms with E-state index in [0.29, 0.717) is 5.96 Å². The van der Waals surface area contributed by atoms with Gasteiger partial charge in [0.25, 0.3) is 0 Å². The Balaban J connectivity index is 1.31. The Labute approximate surface area is 174 Å². The summed E-state index contributed by atoms with van der Waals surface area (Å²) < 4.78 is 0. The van der Waals surface area contributed by atoms with Crippen molar-refractivity contribution in [3.63, 3.8) is 0 Å².